The number of aryl methyl sites for hydroxylation is 2. The van der Waals surface area contributed by atoms with E-state index in [1.54, 1.807) is 19.1 Å². The van der Waals surface area contributed by atoms with Crippen molar-refractivity contribution >= 4 is 37.0 Å². The zero-order valence-corrected chi connectivity index (χ0v) is 22.6. The largest absolute Gasteiger partial charge is 0.494 e. The molecule has 1 aliphatic heterocycles. The minimum Gasteiger partial charge on any atom is -0.423 e. The minimum absolute atomic E-state index is 0.0459. The lowest BCUT2D eigenvalue weighted by Crippen LogP contribution is -2.41. The number of nitrogens with one attached hydrogen (secondary N) is 2. The molecule has 0 radical (unpaired) electrons. The molecule has 4 N–H and O–H groups in total. The van der Waals surface area contributed by atoms with E-state index in [0.717, 1.165) is 16.6 Å². The van der Waals surface area contributed by atoms with Crippen molar-refractivity contribution < 1.29 is 28.9 Å². The maximum Gasteiger partial charge on any atom is 0.494 e. The first-order valence-corrected chi connectivity index (χ1v) is 12.2. The summed E-state index contributed by atoms with van der Waals surface area (Å²) in [7, 11) is -1.89. The monoisotopic (exact) mass is 496 g/mol. The molecule has 8 nitrogen and oxygen atoms in total. The van der Waals surface area contributed by atoms with Crippen LogP contribution in [0.3, 0.4) is 0 Å². The van der Waals surface area contributed by atoms with Gasteiger partial charge in [0, 0.05) is 24.2 Å². The van der Waals surface area contributed by atoms with Crippen molar-refractivity contribution in [3.63, 3.8) is 0 Å². The summed E-state index contributed by atoms with van der Waals surface area (Å²) in [5, 5.41) is 23.4. The van der Waals surface area contributed by atoms with Crippen LogP contribution < -0.4 is 21.6 Å². The quantitative estimate of drug-likeness (QED) is 0.451. The average molecular weight is 496 g/mol. The Balaban J connectivity index is 0.000000269. The molecule has 0 aromatic heterocycles. The van der Waals surface area contributed by atoms with Gasteiger partial charge in [0.05, 0.1) is 11.2 Å². The third-order valence-corrected chi connectivity index (χ3v) is 6.49. The molecule has 194 valence electrons. The van der Waals surface area contributed by atoms with Gasteiger partial charge in [-0.25, -0.2) is 0 Å². The molecule has 0 atom stereocenters. The average Bonchev–Trinajstić information content (AvgIpc) is 3.01. The van der Waals surface area contributed by atoms with Crippen LogP contribution in [0.2, 0.25) is 0 Å². The topological polar surface area (TPSA) is 117 Å². The van der Waals surface area contributed by atoms with Crippen LogP contribution in [-0.2, 0) is 9.31 Å². The van der Waals surface area contributed by atoms with E-state index in [2.05, 4.69) is 10.6 Å². The maximum absolute atomic E-state index is 11.9. The molecule has 2 aromatic rings. The summed E-state index contributed by atoms with van der Waals surface area (Å²) in [6.07, 6.45) is 0. The van der Waals surface area contributed by atoms with Gasteiger partial charge in [0.25, 0.3) is 11.8 Å². The Bertz CT molecular complexity index is 1070. The van der Waals surface area contributed by atoms with Gasteiger partial charge >= 0.3 is 14.2 Å². The number of benzene rings is 2. The second-order valence-electron chi connectivity index (χ2n) is 9.83. The van der Waals surface area contributed by atoms with E-state index in [9.17, 15) is 9.59 Å². The van der Waals surface area contributed by atoms with Crippen molar-refractivity contribution in [2.45, 2.75) is 66.6 Å². The lowest BCUT2D eigenvalue weighted by molar-refractivity contribution is 0.00578. The summed E-state index contributed by atoms with van der Waals surface area (Å²) in [5.74, 6) is -0.190. The van der Waals surface area contributed by atoms with Gasteiger partial charge in [-0.3, -0.25) is 9.59 Å². The fourth-order valence-corrected chi connectivity index (χ4v) is 3.68. The zero-order valence-electron chi connectivity index (χ0n) is 22.6. The van der Waals surface area contributed by atoms with E-state index < -0.39 is 14.2 Å². The SMILES string of the molecule is CCNC(=O)c1ccc(B(O)O)cc1C.CCNC(=O)c1ccc(B2OC(C)(C)C(C)(C)O2)cc1C. The second kappa shape index (κ2) is 12.1. The molecule has 1 aliphatic rings. The molecular weight excluding hydrogens is 458 g/mol. The number of rotatable bonds is 6. The summed E-state index contributed by atoms with van der Waals surface area (Å²) in [6, 6.07) is 10.4. The van der Waals surface area contributed by atoms with Crippen LogP contribution >= 0.6 is 0 Å². The highest BCUT2D eigenvalue weighted by atomic mass is 16.7. The van der Waals surface area contributed by atoms with Crippen molar-refractivity contribution in [3.8, 4) is 0 Å². The maximum atomic E-state index is 11.9. The standard InChI is InChI=1S/C16H24BNO3.C10H14BNO3/c1-7-18-14(19)13-9-8-12(10-11(13)2)17-20-15(3,4)16(5,6)21-17;1-3-12-10(13)9-5-4-8(11(14)15)6-7(9)2/h8-10H,7H2,1-6H3,(H,18,19);4-6,14-15H,3H2,1-2H3,(H,12,13). The van der Waals surface area contributed by atoms with Crippen LogP contribution in [0, 0.1) is 13.8 Å². The Morgan fingerprint density at radius 1 is 0.833 bits per heavy atom. The molecule has 1 fully saturated rings. The first kappa shape index (κ1) is 29.6. The highest BCUT2D eigenvalue weighted by Gasteiger charge is 2.51. The van der Waals surface area contributed by atoms with Gasteiger partial charge in [-0.1, -0.05) is 24.3 Å². The van der Waals surface area contributed by atoms with Crippen LogP contribution in [0.15, 0.2) is 36.4 Å². The summed E-state index contributed by atoms with van der Waals surface area (Å²) in [4.78, 5) is 23.4. The van der Waals surface area contributed by atoms with Crippen molar-refractivity contribution in [3.05, 3.63) is 58.7 Å². The number of hydrogen-bond acceptors (Lipinski definition) is 6. The molecule has 2 amide bonds. The Morgan fingerprint density at radius 3 is 1.67 bits per heavy atom. The number of carbonyl (C=O) groups excluding carboxylic acids is 2. The Morgan fingerprint density at radius 2 is 1.28 bits per heavy atom. The van der Waals surface area contributed by atoms with Gasteiger partial charge in [-0.2, -0.15) is 0 Å². The molecule has 2 aromatic carbocycles. The van der Waals surface area contributed by atoms with E-state index in [1.807, 2.05) is 66.7 Å². The summed E-state index contributed by atoms with van der Waals surface area (Å²) < 4.78 is 12.1. The highest BCUT2D eigenvalue weighted by Crippen LogP contribution is 2.36. The van der Waals surface area contributed by atoms with E-state index in [4.69, 9.17) is 19.4 Å². The third kappa shape index (κ3) is 6.97. The normalized spacial score (nSPS) is 15.6. The first-order valence-electron chi connectivity index (χ1n) is 12.2. The fraction of sp³-hybridized carbons (Fsp3) is 0.462. The van der Waals surface area contributed by atoms with E-state index in [1.165, 1.54) is 6.07 Å². The van der Waals surface area contributed by atoms with Gasteiger partial charge in [0.2, 0.25) is 0 Å². The molecule has 10 heteroatoms. The van der Waals surface area contributed by atoms with Crippen molar-refractivity contribution in [2.75, 3.05) is 13.1 Å². The van der Waals surface area contributed by atoms with Gasteiger partial charge in [-0.15, -0.1) is 0 Å². The smallest absolute Gasteiger partial charge is 0.423 e. The fourth-order valence-electron chi connectivity index (χ4n) is 3.68. The zero-order chi connectivity index (χ0) is 27.3. The Kier molecular flexibility index (Phi) is 9.91. The van der Waals surface area contributed by atoms with Gasteiger partial charge in [-0.05, 0) is 89.6 Å². The Labute approximate surface area is 215 Å². The molecule has 0 unspecified atom stereocenters. The van der Waals surface area contributed by atoms with Crippen LogP contribution in [0.1, 0.15) is 73.4 Å². The van der Waals surface area contributed by atoms with Crippen LogP contribution in [-0.4, -0.2) is 60.4 Å². The molecular formula is C26H38B2N2O6. The lowest BCUT2D eigenvalue weighted by Gasteiger charge is -2.32. The third-order valence-electron chi connectivity index (χ3n) is 6.49. The van der Waals surface area contributed by atoms with Gasteiger partial charge < -0.3 is 30.0 Å². The van der Waals surface area contributed by atoms with Crippen molar-refractivity contribution in [1.82, 2.24) is 10.6 Å². The molecule has 3 rings (SSSR count). The summed E-state index contributed by atoms with van der Waals surface area (Å²) >= 11 is 0. The minimum atomic E-state index is -1.49. The predicted molar refractivity (Wildman–Crippen MR) is 144 cm³/mol. The molecule has 0 bridgehead atoms. The molecule has 0 aliphatic carbocycles. The number of amides is 2. The number of hydrogen-bond donors (Lipinski definition) is 4. The van der Waals surface area contributed by atoms with Crippen molar-refractivity contribution in [1.29, 1.82) is 0 Å². The number of carbonyl (C=O) groups is 2. The van der Waals surface area contributed by atoms with Crippen molar-refractivity contribution in [2.24, 2.45) is 0 Å². The molecule has 1 saturated heterocycles. The summed E-state index contributed by atoms with van der Waals surface area (Å²) in [6.45, 7) is 16.8. The molecule has 0 spiro atoms. The van der Waals surface area contributed by atoms with E-state index >= 15 is 0 Å². The van der Waals surface area contributed by atoms with Gasteiger partial charge in [0.1, 0.15) is 0 Å². The molecule has 36 heavy (non-hydrogen) atoms. The van der Waals surface area contributed by atoms with Crippen LogP contribution in [0.5, 0.6) is 0 Å². The van der Waals surface area contributed by atoms with Gasteiger partial charge in [0.15, 0.2) is 0 Å². The van der Waals surface area contributed by atoms with Crippen LogP contribution in [0.4, 0.5) is 0 Å². The summed E-state index contributed by atoms with van der Waals surface area (Å²) in [5.41, 5.74) is 3.52. The molecule has 0 saturated carbocycles. The van der Waals surface area contributed by atoms with Crippen LogP contribution in [0.25, 0.3) is 0 Å². The first-order chi connectivity index (χ1) is 16.7. The second-order valence-corrected chi connectivity index (χ2v) is 9.83. The van der Waals surface area contributed by atoms with E-state index in [0.29, 0.717) is 29.7 Å². The lowest BCUT2D eigenvalue weighted by atomic mass is 9.78. The predicted octanol–water partition coefficient (Wildman–Crippen LogP) is 1.47. The highest BCUT2D eigenvalue weighted by molar-refractivity contribution is 6.62. The molecule has 1 heterocycles. The van der Waals surface area contributed by atoms with E-state index in [-0.39, 0.29) is 23.0 Å². The Hall–Kier alpha value is -2.65.